The van der Waals surface area contributed by atoms with E-state index in [9.17, 15) is 14.0 Å². The van der Waals surface area contributed by atoms with Crippen LogP contribution in [0.15, 0.2) is 24.3 Å². The molecule has 1 aromatic carbocycles. The van der Waals surface area contributed by atoms with Gasteiger partial charge in [0.25, 0.3) is 0 Å². The molecule has 102 valence electrons. The highest BCUT2D eigenvalue weighted by molar-refractivity contribution is 5.91. The molecule has 5 heteroatoms. The summed E-state index contributed by atoms with van der Waals surface area (Å²) in [5.41, 5.74) is 0.423. The fourth-order valence-corrected chi connectivity index (χ4v) is 1.91. The second kappa shape index (κ2) is 5.82. The zero-order valence-corrected chi connectivity index (χ0v) is 10.8. The second-order valence-electron chi connectivity index (χ2n) is 4.92. The number of hydrogen-bond acceptors (Lipinski definition) is 2. The highest BCUT2D eigenvalue weighted by atomic mass is 19.1. The van der Waals surface area contributed by atoms with Crippen molar-refractivity contribution < 1.29 is 14.0 Å². The van der Waals surface area contributed by atoms with Gasteiger partial charge in [-0.15, -0.1) is 0 Å². The Kier molecular flexibility index (Phi) is 4.14. The molecule has 0 bridgehead atoms. The predicted molar refractivity (Wildman–Crippen MR) is 69.9 cm³/mol. The molecule has 1 saturated carbocycles. The molecule has 0 spiro atoms. The summed E-state index contributed by atoms with van der Waals surface area (Å²) in [5.74, 6) is -0.0398. The molecule has 1 aromatic rings. The van der Waals surface area contributed by atoms with Gasteiger partial charge in [0, 0.05) is 24.6 Å². The zero-order valence-electron chi connectivity index (χ0n) is 10.8. The van der Waals surface area contributed by atoms with E-state index in [-0.39, 0.29) is 24.2 Å². The first kappa shape index (κ1) is 13.5. The van der Waals surface area contributed by atoms with E-state index in [0.29, 0.717) is 18.2 Å². The fourth-order valence-electron chi connectivity index (χ4n) is 1.91. The van der Waals surface area contributed by atoms with Crippen LogP contribution in [-0.2, 0) is 9.59 Å². The van der Waals surface area contributed by atoms with Crippen molar-refractivity contribution in [2.75, 3.05) is 11.9 Å². The molecule has 0 aliphatic heterocycles. The van der Waals surface area contributed by atoms with Crippen molar-refractivity contribution in [1.29, 1.82) is 0 Å². The minimum atomic E-state index is -0.395. The minimum Gasteiger partial charge on any atom is -0.355 e. The summed E-state index contributed by atoms with van der Waals surface area (Å²) >= 11 is 0. The van der Waals surface area contributed by atoms with Crippen molar-refractivity contribution in [2.45, 2.75) is 19.8 Å². The normalized spacial score (nSPS) is 20.7. The van der Waals surface area contributed by atoms with Crippen LogP contribution in [0.25, 0.3) is 0 Å². The average molecular weight is 264 g/mol. The van der Waals surface area contributed by atoms with E-state index in [1.54, 1.807) is 6.07 Å². The summed E-state index contributed by atoms with van der Waals surface area (Å²) in [6.45, 7) is 2.34. The van der Waals surface area contributed by atoms with Crippen LogP contribution in [0, 0.1) is 17.7 Å². The molecule has 2 unspecified atom stereocenters. The number of anilines is 1. The van der Waals surface area contributed by atoms with E-state index >= 15 is 0 Å². The lowest BCUT2D eigenvalue weighted by atomic mass is 10.3. The minimum absolute atomic E-state index is 0.0195. The number of rotatable bonds is 5. The van der Waals surface area contributed by atoms with Gasteiger partial charge in [0.1, 0.15) is 5.82 Å². The van der Waals surface area contributed by atoms with Gasteiger partial charge < -0.3 is 10.6 Å². The smallest absolute Gasteiger partial charge is 0.226 e. The fraction of sp³-hybridized carbons (Fsp3) is 0.429. The SMILES string of the molecule is CC1CC1C(=O)NCCC(=O)Nc1cccc(F)c1. The molecule has 0 radical (unpaired) electrons. The Morgan fingerprint density at radius 2 is 2.16 bits per heavy atom. The molecule has 4 nitrogen and oxygen atoms in total. The molecular formula is C14H17FN2O2. The monoisotopic (exact) mass is 264 g/mol. The number of carbonyl (C=O) groups is 2. The summed E-state index contributed by atoms with van der Waals surface area (Å²) in [6.07, 6.45) is 1.12. The van der Waals surface area contributed by atoms with Crippen molar-refractivity contribution in [3.63, 3.8) is 0 Å². The molecule has 2 N–H and O–H groups in total. The van der Waals surface area contributed by atoms with Crippen LogP contribution in [0.5, 0.6) is 0 Å². The largest absolute Gasteiger partial charge is 0.355 e. The Morgan fingerprint density at radius 3 is 2.79 bits per heavy atom. The van der Waals surface area contributed by atoms with Crippen LogP contribution in [-0.4, -0.2) is 18.4 Å². The molecule has 0 saturated heterocycles. The third-order valence-electron chi connectivity index (χ3n) is 3.21. The Morgan fingerprint density at radius 1 is 1.42 bits per heavy atom. The number of hydrogen-bond donors (Lipinski definition) is 2. The van der Waals surface area contributed by atoms with Gasteiger partial charge in [-0.25, -0.2) is 4.39 Å². The van der Waals surface area contributed by atoms with Gasteiger partial charge in [0.15, 0.2) is 0 Å². The van der Waals surface area contributed by atoms with Crippen LogP contribution < -0.4 is 10.6 Å². The molecule has 1 aliphatic rings. The molecule has 1 aliphatic carbocycles. The van der Waals surface area contributed by atoms with Crippen LogP contribution in [0.3, 0.4) is 0 Å². The summed E-state index contributed by atoms with van der Waals surface area (Å²) < 4.78 is 12.9. The first-order valence-corrected chi connectivity index (χ1v) is 6.39. The molecule has 2 atom stereocenters. The quantitative estimate of drug-likeness (QED) is 0.853. The highest BCUT2D eigenvalue weighted by Gasteiger charge is 2.38. The number of amides is 2. The Balaban J connectivity index is 1.68. The number of carbonyl (C=O) groups excluding carboxylic acids is 2. The average Bonchev–Trinajstić information content (AvgIpc) is 3.06. The van der Waals surface area contributed by atoms with Crippen molar-refractivity contribution in [3.8, 4) is 0 Å². The molecule has 1 fully saturated rings. The second-order valence-corrected chi connectivity index (χ2v) is 4.92. The number of nitrogens with one attached hydrogen (secondary N) is 2. The van der Waals surface area contributed by atoms with Crippen LogP contribution in [0.1, 0.15) is 19.8 Å². The molecule has 0 aromatic heterocycles. The van der Waals surface area contributed by atoms with Crippen molar-refractivity contribution >= 4 is 17.5 Å². The van der Waals surface area contributed by atoms with E-state index in [1.807, 2.05) is 6.92 Å². The van der Waals surface area contributed by atoms with Crippen molar-refractivity contribution in [1.82, 2.24) is 5.32 Å². The third-order valence-corrected chi connectivity index (χ3v) is 3.21. The van der Waals surface area contributed by atoms with Gasteiger partial charge >= 0.3 is 0 Å². The Bertz CT molecular complexity index is 490. The van der Waals surface area contributed by atoms with Gasteiger partial charge in [0.05, 0.1) is 0 Å². The van der Waals surface area contributed by atoms with Crippen LogP contribution in [0.4, 0.5) is 10.1 Å². The third kappa shape index (κ3) is 4.05. The van der Waals surface area contributed by atoms with Gasteiger partial charge in [-0.1, -0.05) is 13.0 Å². The Hall–Kier alpha value is -1.91. The topological polar surface area (TPSA) is 58.2 Å². The van der Waals surface area contributed by atoms with Crippen LogP contribution in [0.2, 0.25) is 0 Å². The lowest BCUT2D eigenvalue weighted by molar-refractivity contribution is -0.122. The molecular weight excluding hydrogens is 247 g/mol. The predicted octanol–water partition coefficient (Wildman–Crippen LogP) is 1.93. The maximum atomic E-state index is 12.9. The summed E-state index contributed by atoms with van der Waals surface area (Å²) in [6, 6.07) is 5.71. The highest BCUT2D eigenvalue weighted by Crippen LogP contribution is 2.37. The maximum absolute atomic E-state index is 12.9. The lowest BCUT2D eigenvalue weighted by Crippen LogP contribution is -2.29. The van der Waals surface area contributed by atoms with E-state index < -0.39 is 5.82 Å². The van der Waals surface area contributed by atoms with E-state index in [1.165, 1.54) is 18.2 Å². The van der Waals surface area contributed by atoms with Gasteiger partial charge in [-0.2, -0.15) is 0 Å². The van der Waals surface area contributed by atoms with Gasteiger partial charge in [0.2, 0.25) is 11.8 Å². The molecule has 19 heavy (non-hydrogen) atoms. The molecule has 2 amide bonds. The van der Waals surface area contributed by atoms with E-state index in [0.717, 1.165) is 6.42 Å². The van der Waals surface area contributed by atoms with Crippen molar-refractivity contribution in [3.05, 3.63) is 30.1 Å². The first-order valence-electron chi connectivity index (χ1n) is 6.39. The van der Waals surface area contributed by atoms with Crippen molar-refractivity contribution in [2.24, 2.45) is 11.8 Å². The number of halogens is 1. The molecule has 2 rings (SSSR count). The van der Waals surface area contributed by atoms with E-state index in [2.05, 4.69) is 10.6 Å². The summed E-state index contributed by atoms with van der Waals surface area (Å²) in [7, 11) is 0. The standard InChI is InChI=1S/C14H17FN2O2/c1-9-7-12(9)14(19)16-6-5-13(18)17-11-4-2-3-10(15)8-11/h2-4,8-9,12H,5-7H2,1H3,(H,16,19)(H,17,18). The van der Waals surface area contributed by atoms with Gasteiger partial charge in [-0.05, 0) is 30.5 Å². The Labute approximate surface area is 111 Å². The zero-order chi connectivity index (χ0) is 13.8. The summed E-state index contributed by atoms with van der Waals surface area (Å²) in [4.78, 5) is 23.1. The molecule has 0 heterocycles. The lowest BCUT2D eigenvalue weighted by Gasteiger charge is -2.06. The first-order chi connectivity index (χ1) is 9.06. The maximum Gasteiger partial charge on any atom is 0.226 e. The number of benzene rings is 1. The summed E-state index contributed by atoms with van der Waals surface area (Å²) in [5, 5.41) is 5.31. The van der Waals surface area contributed by atoms with Crippen LogP contribution >= 0.6 is 0 Å². The van der Waals surface area contributed by atoms with E-state index in [4.69, 9.17) is 0 Å². The van der Waals surface area contributed by atoms with Gasteiger partial charge in [-0.3, -0.25) is 9.59 Å².